The second-order valence-electron chi connectivity index (χ2n) is 7.97. The fourth-order valence-electron chi connectivity index (χ4n) is 3.91. The third kappa shape index (κ3) is 2.90. The molecule has 152 valence electrons. The van der Waals surface area contributed by atoms with Crippen molar-refractivity contribution in [2.45, 2.75) is 31.8 Å². The molecular formula is C21H20FN7O. The van der Waals surface area contributed by atoms with Crippen LogP contribution in [0, 0.1) is 5.82 Å². The molecule has 0 spiro atoms. The van der Waals surface area contributed by atoms with E-state index in [1.165, 1.54) is 12.3 Å². The molecule has 4 N–H and O–H groups in total. The lowest BCUT2D eigenvalue weighted by atomic mass is 9.83. The van der Waals surface area contributed by atoms with Crippen LogP contribution in [0.1, 0.15) is 37.4 Å². The predicted octanol–water partition coefficient (Wildman–Crippen LogP) is 3.18. The van der Waals surface area contributed by atoms with Crippen molar-refractivity contribution in [3.8, 4) is 17.4 Å². The molecule has 0 saturated carbocycles. The number of imidazole rings is 1. The molecule has 5 rings (SSSR count). The summed E-state index contributed by atoms with van der Waals surface area (Å²) < 4.78 is 21.4. The maximum absolute atomic E-state index is 13.8. The second kappa shape index (κ2) is 6.38. The van der Waals surface area contributed by atoms with E-state index in [0.29, 0.717) is 40.8 Å². The Labute approximate surface area is 171 Å². The number of rotatable bonds is 2. The van der Waals surface area contributed by atoms with Gasteiger partial charge in [-0.15, -0.1) is 0 Å². The largest absolute Gasteiger partial charge is 0.471 e. The first kappa shape index (κ1) is 18.3. The van der Waals surface area contributed by atoms with Crippen LogP contribution >= 0.6 is 0 Å². The number of halogens is 1. The van der Waals surface area contributed by atoms with Gasteiger partial charge in [-0.3, -0.25) is 4.40 Å². The van der Waals surface area contributed by atoms with Crippen LogP contribution in [0.4, 0.5) is 15.9 Å². The van der Waals surface area contributed by atoms with Crippen molar-refractivity contribution in [1.82, 2.24) is 24.3 Å². The summed E-state index contributed by atoms with van der Waals surface area (Å²) in [5.41, 5.74) is 14.9. The minimum atomic E-state index is -0.467. The van der Waals surface area contributed by atoms with Crippen LogP contribution in [0.2, 0.25) is 0 Å². The minimum absolute atomic E-state index is 0.163. The van der Waals surface area contributed by atoms with Gasteiger partial charge in [0.1, 0.15) is 22.8 Å². The van der Waals surface area contributed by atoms with E-state index in [1.807, 2.05) is 26.0 Å². The van der Waals surface area contributed by atoms with E-state index < -0.39 is 11.4 Å². The topological polar surface area (TPSA) is 117 Å². The molecule has 0 amide bonds. The number of fused-ring (bicyclic) bond motifs is 2. The molecule has 30 heavy (non-hydrogen) atoms. The number of hydrogen-bond acceptors (Lipinski definition) is 7. The fraction of sp³-hybridized carbons (Fsp3) is 0.238. The minimum Gasteiger partial charge on any atom is -0.471 e. The van der Waals surface area contributed by atoms with Crippen LogP contribution in [0.25, 0.3) is 17.2 Å². The van der Waals surface area contributed by atoms with Crippen LogP contribution in [0.5, 0.6) is 5.88 Å². The van der Waals surface area contributed by atoms with E-state index in [4.69, 9.17) is 21.2 Å². The highest BCUT2D eigenvalue weighted by atomic mass is 19.1. The van der Waals surface area contributed by atoms with E-state index in [0.717, 1.165) is 5.56 Å². The van der Waals surface area contributed by atoms with Gasteiger partial charge in [0.2, 0.25) is 5.88 Å². The average molecular weight is 405 g/mol. The molecule has 0 aromatic carbocycles. The van der Waals surface area contributed by atoms with Crippen LogP contribution < -0.4 is 16.2 Å². The van der Waals surface area contributed by atoms with Gasteiger partial charge in [0.15, 0.2) is 11.6 Å². The Kier molecular flexibility index (Phi) is 3.89. The maximum Gasteiger partial charge on any atom is 0.217 e. The maximum atomic E-state index is 13.8. The monoisotopic (exact) mass is 405 g/mol. The summed E-state index contributed by atoms with van der Waals surface area (Å²) in [6.45, 7) is 3.99. The highest BCUT2D eigenvalue weighted by molar-refractivity contribution is 5.68. The number of nitrogen functional groups attached to an aromatic ring is 2. The molecule has 9 heteroatoms. The number of anilines is 2. The van der Waals surface area contributed by atoms with Crippen LogP contribution in [0.15, 0.2) is 42.9 Å². The molecule has 0 aliphatic carbocycles. The van der Waals surface area contributed by atoms with Gasteiger partial charge < -0.3 is 16.2 Å². The van der Waals surface area contributed by atoms with Gasteiger partial charge >= 0.3 is 0 Å². The highest BCUT2D eigenvalue weighted by Gasteiger charge is 2.37. The molecule has 1 aliphatic rings. The SMILES string of the molecule is CC1(C)CC(c2nc(-c3cnc4ccc(F)cn34)nc(N)c2N)c2cccnc2O1. The molecule has 4 aromatic heterocycles. The zero-order valence-electron chi connectivity index (χ0n) is 16.5. The van der Waals surface area contributed by atoms with Crippen molar-refractivity contribution in [3.63, 3.8) is 0 Å². The molecule has 4 aromatic rings. The number of hydrogen-bond donors (Lipinski definition) is 2. The van der Waals surface area contributed by atoms with E-state index in [-0.39, 0.29) is 11.7 Å². The molecule has 5 heterocycles. The van der Waals surface area contributed by atoms with Crippen molar-refractivity contribution in [3.05, 3.63) is 59.9 Å². The summed E-state index contributed by atoms with van der Waals surface area (Å²) in [5, 5.41) is 0. The summed E-state index contributed by atoms with van der Waals surface area (Å²) in [7, 11) is 0. The second-order valence-corrected chi connectivity index (χ2v) is 7.97. The summed E-state index contributed by atoms with van der Waals surface area (Å²) in [6, 6.07) is 6.73. The third-order valence-electron chi connectivity index (χ3n) is 5.28. The summed E-state index contributed by atoms with van der Waals surface area (Å²) in [5.74, 6) is 0.461. The van der Waals surface area contributed by atoms with E-state index in [1.54, 1.807) is 22.9 Å². The molecule has 0 radical (unpaired) electrons. The van der Waals surface area contributed by atoms with Crippen LogP contribution in [-0.2, 0) is 0 Å². The molecule has 1 aliphatic heterocycles. The van der Waals surface area contributed by atoms with E-state index in [2.05, 4.69) is 15.0 Å². The number of pyridine rings is 2. The van der Waals surface area contributed by atoms with Gasteiger partial charge in [-0.05, 0) is 38.5 Å². The summed E-state index contributed by atoms with van der Waals surface area (Å²) >= 11 is 0. The smallest absolute Gasteiger partial charge is 0.217 e. The van der Waals surface area contributed by atoms with Crippen molar-refractivity contribution in [1.29, 1.82) is 0 Å². The molecule has 0 saturated heterocycles. The van der Waals surface area contributed by atoms with Crippen LogP contribution in [-0.4, -0.2) is 29.9 Å². The van der Waals surface area contributed by atoms with Gasteiger partial charge in [0.25, 0.3) is 0 Å². The Morgan fingerprint density at radius 1 is 1.17 bits per heavy atom. The Hall–Kier alpha value is -3.75. The van der Waals surface area contributed by atoms with E-state index >= 15 is 0 Å². The number of nitrogens with zero attached hydrogens (tertiary/aromatic N) is 5. The fourth-order valence-corrected chi connectivity index (χ4v) is 3.91. The Balaban J connectivity index is 1.71. The number of nitrogens with two attached hydrogens (primary N) is 2. The lowest BCUT2D eigenvalue weighted by Crippen LogP contribution is -2.36. The van der Waals surface area contributed by atoms with Gasteiger partial charge in [-0.25, -0.2) is 24.3 Å². The quantitative estimate of drug-likeness (QED) is 0.526. The lowest BCUT2D eigenvalue weighted by molar-refractivity contribution is 0.0708. The summed E-state index contributed by atoms with van der Waals surface area (Å²) in [6.07, 6.45) is 5.25. The molecule has 1 atom stereocenters. The molecule has 1 unspecified atom stereocenters. The van der Waals surface area contributed by atoms with Gasteiger partial charge in [-0.2, -0.15) is 0 Å². The first-order valence-electron chi connectivity index (χ1n) is 9.52. The first-order chi connectivity index (χ1) is 14.3. The third-order valence-corrected chi connectivity index (χ3v) is 5.28. The molecule has 0 fully saturated rings. The Morgan fingerprint density at radius 3 is 2.83 bits per heavy atom. The standard InChI is InChI=1S/C21H20FN7O/c1-21(2)8-13(12-4-3-7-25-20(12)30-21)17-16(23)18(24)28-19(27-17)14-9-26-15-6-5-11(22)10-29(14)15/h3-7,9-10,13H,8,23H2,1-2H3,(H2,24,27,28). The van der Waals surface area contributed by atoms with Gasteiger partial charge in [0, 0.05) is 23.9 Å². The number of ether oxygens (including phenoxy) is 1. The predicted molar refractivity (Wildman–Crippen MR) is 110 cm³/mol. The van der Waals surface area contributed by atoms with Crippen molar-refractivity contribution < 1.29 is 9.13 Å². The van der Waals surface area contributed by atoms with Gasteiger partial charge in [0.05, 0.1) is 17.6 Å². The number of aromatic nitrogens is 5. The molecular weight excluding hydrogens is 385 g/mol. The van der Waals surface area contributed by atoms with Gasteiger partial charge in [-0.1, -0.05) is 6.07 Å². The van der Waals surface area contributed by atoms with Crippen molar-refractivity contribution in [2.75, 3.05) is 11.5 Å². The van der Waals surface area contributed by atoms with Crippen molar-refractivity contribution in [2.24, 2.45) is 0 Å². The summed E-state index contributed by atoms with van der Waals surface area (Å²) in [4.78, 5) is 17.8. The molecule has 8 nitrogen and oxygen atoms in total. The van der Waals surface area contributed by atoms with Crippen molar-refractivity contribution >= 4 is 17.2 Å². The first-order valence-corrected chi connectivity index (χ1v) is 9.52. The van der Waals surface area contributed by atoms with Crippen LogP contribution in [0.3, 0.4) is 0 Å². The Bertz CT molecular complexity index is 1280. The Morgan fingerprint density at radius 2 is 2.00 bits per heavy atom. The average Bonchev–Trinajstić information content (AvgIpc) is 3.11. The normalized spacial score (nSPS) is 17.5. The van der Waals surface area contributed by atoms with E-state index in [9.17, 15) is 4.39 Å². The lowest BCUT2D eigenvalue weighted by Gasteiger charge is -2.36. The zero-order chi connectivity index (χ0) is 21.0. The highest BCUT2D eigenvalue weighted by Crippen LogP contribution is 2.44. The molecule has 0 bridgehead atoms. The zero-order valence-corrected chi connectivity index (χ0v) is 16.5.